The van der Waals surface area contributed by atoms with Gasteiger partial charge in [0.1, 0.15) is 11.1 Å². The maximum Gasteiger partial charge on any atom is 0.243 e. The van der Waals surface area contributed by atoms with Crippen molar-refractivity contribution in [1.29, 1.82) is 0 Å². The van der Waals surface area contributed by atoms with Gasteiger partial charge in [-0.1, -0.05) is 29.7 Å². The van der Waals surface area contributed by atoms with Crippen LogP contribution in [-0.4, -0.2) is 119 Å². The van der Waals surface area contributed by atoms with Gasteiger partial charge in [-0.25, -0.2) is 4.98 Å². The van der Waals surface area contributed by atoms with Gasteiger partial charge in [0.05, 0.1) is 18.1 Å². The predicted molar refractivity (Wildman–Crippen MR) is 221 cm³/mol. The van der Waals surface area contributed by atoms with Crippen molar-refractivity contribution in [2.24, 2.45) is 0 Å². The van der Waals surface area contributed by atoms with E-state index in [1.807, 2.05) is 32.3 Å². The second-order valence-corrected chi connectivity index (χ2v) is 15.9. The highest BCUT2D eigenvalue weighted by atomic mass is 33.1. The summed E-state index contributed by atoms with van der Waals surface area (Å²) in [5, 5.41) is 25.1. The monoisotopic (exact) mass is 795 g/mol. The molecule has 0 saturated carbocycles. The van der Waals surface area contributed by atoms with Crippen molar-refractivity contribution in [3.05, 3.63) is 24.4 Å². The van der Waals surface area contributed by atoms with Crippen molar-refractivity contribution in [3.63, 3.8) is 0 Å². The molecule has 14 nitrogen and oxygen atoms in total. The topological polar surface area (TPSA) is 194 Å². The molecular formula is C38H69N9O5S2. The number of pyridine rings is 1. The summed E-state index contributed by atoms with van der Waals surface area (Å²) >= 11 is 0. The highest BCUT2D eigenvalue weighted by Crippen LogP contribution is 2.29. The van der Waals surface area contributed by atoms with Crippen molar-refractivity contribution in [3.8, 4) is 0 Å². The summed E-state index contributed by atoms with van der Waals surface area (Å²) in [6.07, 6.45) is 11.4. The van der Waals surface area contributed by atoms with Gasteiger partial charge in [0, 0.05) is 31.5 Å². The summed E-state index contributed by atoms with van der Waals surface area (Å²) in [5.41, 5.74) is 0. The van der Waals surface area contributed by atoms with Crippen LogP contribution in [0.25, 0.3) is 0 Å². The number of amides is 4. The maximum atomic E-state index is 13.6. The largest absolute Gasteiger partial charge is 0.356 e. The van der Waals surface area contributed by atoms with Gasteiger partial charge in [-0.05, 0) is 142 Å². The molecule has 0 aliphatic heterocycles. The lowest BCUT2D eigenvalue weighted by Crippen LogP contribution is -2.54. The standard InChI is InChI=1S/C38H69N9O5S2/c1-29(48)30(17-8-13-25-43-34(49)21-16-28-53-54-35-22-10-15-26-44-35)46-38(52)33(47-37(51)32(42-5)19-7-12-24-40-3)20-9-14-27-45-36(50)31(41-4)18-6-11-23-39-2/h10,15,22,26,30-33,39-42H,6-9,11-14,16-21,23-25,27-28H2,1-5H3,(H,43,49)(H,45,50)(H,46,52)(H,47,51). The molecule has 0 saturated heterocycles. The summed E-state index contributed by atoms with van der Waals surface area (Å²) < 4.78 is 0. The van der Waals surface area contributed by atoms with Gasteiger partial charge < -0.3 is 42.5 Å². The number of hydrogen-bond acceptors (Lipinski definition) is 12. The van der Waals surface area contributed by atoms with Crippen LogP contribution in [-0.2, 0) is 24.0 Å². The minimum absolute atomic E-state index is 0.00284. The van der Waals surface area contributed by atoms with Crippen LogP contribution in [0.3, 0.4) is 0 Å². The lowest BCUT2D eigenvalue weighted by molar-refractivity contribution is -0.132. The van der Waals surface area contributed by atoms with E-state index in [0.717, 1.165) is 62.4 Å². The number of aromatic nitrogens is 1. The summed E-state index contributed by atoms with van der Waals surface area (Å²) in [6, 6.07) is 3.54. The molecule has 0 aliphatic carbocycles. The minimum atomic E-state index is -0.833. The number of nitrogens with zero attached hydrogens (tertiary/aromatic N) is 1. The molecule has 4 amide bonds. The fourth-order valence-electron chi connectivity index (χ4n) is 5.69. The Labute approximate surface area is 332 Å². The zero-order valence-electron chi connectivity index (χ0n) is 33.4. The molecule has 8 N–H and O–H groups in total. The van der Waals surface area contributed by atoms with E-state index in [-0.39, 0.29) is 29.5 Å². The molecular weight excluding hydrogens is 727 g/mol. The molecule has 0 aromatic carbocycles. The van der Waals surface area contributed by atoms with Gasteiger partial charge in [-0.3, -0.25) is 24.0 Å². The third-order valence-corrected chi connectivity index (χ3v) is 11.3. The van der Waals surface area contributed by atoms with Gasteiger partial charge in [0.2, 0.25) is 23.6 Å². The molecule has 308 valence electrons. The molecule has 0 bridgehead atoms. The van der Waals surface area contributed by atoms with E-state index < -0.39 is 24.0 Å². The van der Waals surface area contributed by atoms with Gasteiger partial charge in [-0.15, -0.1) is 0 Å². The Morgan fingerprint density at radius 2 is 1.13 bits per heavy atom. The number of unbranched alkanes of at least 4 members (excludes halogenated alkanes) is 4. The number of likely N-dealkylation sites (N-methyl/N-ethyl adjacent to an activating group) is 2. The number of hydrogen-bond donors (Lipinski definition) is 8. The third kappa shape index (κ3) is 23.9. The minimum Gasteiger partial charge on any atom is -0.356 e. The molecule has 0 aliphatic rings. The first kappa shape index (κ1) is 49.3. The second kappa shape index (κ2) is 32.5. The van der Waals surface area contributed by atoms with Crippen LogP contribution in [0.2, 0.25) is 0 Å². The van der Waals surface area contributed by atoms with Gasteiger partial charge in [-0.2, -0.15) is 0 Å². The van der Waals surface area contributed by atoms with E-state index >= 15 is 0 Å². The number of rotatable bonds is 34. The van der Waals surface area contributed by atoms with Crippen LogP contribution in [0.5, 0.6) is 0 Å². The highest BCUT2D eigenvalue weighted by molar-refractivity contribution is 8.76. The van der Waals surface area contributed by atoms with E-state index in [0.29, 0.717) is 64.5 Å². The van der Waals surface area contributed by atoms with E-state index in [1.54, 1.807) is 41.9 Å². The first-order chi connectivity index (χ1) is 26.2. The van der Waals surface area contributed by atoms with Crippen LogP contribution in [0.1, 0.15) is 96.8 Å². The van der Waals surface area contributed by atoms with E-state index in [4.69, 9.17) is 0 Å². The Morgan fingerprint density at radius 1 is 0.611 bits per heavy atom. The van der Waals surface area contributed by atoms with Crippen molar-refractivity contribution < 1.29 is 24.0 Å². The Bertz CT molecular complexity index is 1190. The molecule has 1 aromatic heterocycles. The van der Waals surface area contributed by atoms with Crippen molar-refractivity contribution in [2.75, 3.05) is 60.1 Å². The molecule has 1 aromatic rings. The summed E-state index contributed by atoms with van der Waals surface area (Å²) in [4.78, 5) is 68.7. The van der Waals surface area contributed by atoms with E-state index in [9.17, 15) is 24.0 Å². The highest BCUT2D eigenvalue weighted by Gasteiger charge is 2.27. The lowest BCUT2D eigenvalue weighted by Gasteiger charge is -2.24. The van der Waals surface area contributed by atoms with E-state index in [1.165, 1.54) is 6.92 Å². The molecule has 0 spiro atoms. The SMILES string of the molecule is CNCCCCC(NC)C(=O)NCCCCC(NC(=O)C(CCCCNC)NC)C(=O)NC(CCCCNC(=O)CCCSSc1ccccn1)C(C)=O. The number of carbonyl (C=O) groups is 5. The smallest absolute Gasteiger partial charge is 0.243 e. The average molecular weight is 796 g/mol. The van der Waals surface area contributed by atoms with Crippen LogP contribution >= 0.6 is 21.6 Å². The van der Waals surface area contributed by atoms with Crippen molar-refractivity contribution in [1.82, 2.24) is 47.5 Å². The average Bonchev–Trinajstić information content (AvgIpc) is 3.16. The normalized spacial score (nSPS) is 13.4. The van der Waals surface area contributed by atoms with Crippen LogP contribution < -0.4 is 42.5 Å². The van der Waals surface area contributed by atoms with E-state index in [2.05, 4.69) is 47.5 Å². The fraction of sp³-hybridized carbons (Fsp3) is 0.737. The summed E-state index contributed by atoms with van der Waals surface area (Å²) in [5.74, 6) is -0.0311. The molecule has 4 unspecified atom stereocenters. The molecule has 16 heteroatoms. The fourth-order valence-corrected chi connectivity index (χ4v) is 7.66. The van der Waals surface area contributed by atoms with Crippen molar-refractivity contribution in [2.45, 2.75) is 126 Å². The van der Waals surface area contributed by atoms with Crippen molar-refractivity contribution >= 4 is 51.0 Å². The molecule has 54 heavy (non-hydrogen) atoms. The maximum absolute atomic E-state index is 13.6. The van der Waals surface area contributed by atoms with Gasteiger partial charge >= 0.3 is 0 Å². The summed E-state index contributed by atoms with van der Waals surface area (Å²) in [6.45, 7) is 4.17. The third-order valence-electron chi connectivity index (χ3n) is 8.98. The van der Waals surface area contributed by atoms with Crippen LogP contribution in [0.15, 0.2) is 29.4 Å². The summed E-state index contributed by atoms with van der Waals surface area (Å²) in [7, 11) is 10.6. The molecule has 4 atom stereocenters. The van der Waals surface area contributed by atoms with Gasteiger partial charge in [0.15, 0.2) is 5.78 Å². The van der Waals surface area contributed by atoms with Crippen LogP contribution in [0.4, 0.5) is 0 Å². The molecule has 1 heterocycles. The van der Waals surface area contributed by atoms with Gasteiger partial charge in [0.25, 0.3) is 0 Å². The molecule has 1 rings (SSSR count). The lowest BCUT2D eigenvalue weighted by atomic mass is 10.0. The predicted octanol–water partition coefficient (Wildman–Crippen LogP) is 2.69. The Morgan fingerprint density at radius 3 is 1.69 bits per heavy atom. The first-order valence-electron chi connectivity index (χ1n) is 19.7. The Kier molecular flexibility index (Phi) is 29.6. The van der Waals surface area contributed by atoms with Crippen LogP contribution in [0, 0.1) is 0 Å². The second-order valence-electron chi connectivity index (χ2n) is 13.4. The number of ketones is 1. The number of Topliss-reactive ketones (excluding diaryl/α,β-unsaturated/α-hetero) is 1. The molecule has 0 radical (unpaired) electrons. The number of carbonyl (C=O) groups excluding carboxylic acids is 5. The Balaban J connectivity index is 2.62. The quantitative estimate of drug-likeness (QED) is 0.0376. The number of nitrogens with one attached hydrogen (secondary N) is 8. The zero-order chi connectivity index (χ0) is 39.8. The first-order valence-corrected chi connectivity index (χ1v) is 22.0. The zero-order valence-corrected chi connectivity index (χ0v) is 35.0. The molecule has 0 fully saturated rings. The Hall–Kier alpha value is -2.76.